The van der Waals surface area contributed by atoms with Gasteiger partial charge < -0.3 is 19.5 Å². The molecule has 1 aliphatic heterocycles. The first kappa shape index (κ1) is 23.7. The lowest BCUT2D eigenvalue weighted by Crippen LogP contribution is -2.30. The third kappa shape index (κ3) is 4.75. The van der Waals surface area contributed by atoms with E-state index in [1.807, 2.05) is 19.1 Å². The van der Waals surface area contributed by atoms with Gasteiger partial charge in [-0.15, -0.1) is 0 Å². The van der Waals surface area contributed by atoms with Crippen molar-refractivity contribution in [1.82, 2.24) is 4.90 Å². The van der Waals surface area contributed by atoms with Crippen molar-refractivity contribution in [3.63, 3.8) is 0 Å². The maximum atomic E-state index is 13.1. The van der Waals surface area contributed by atoms with Gasteiger partial charge >= 0.3 is 0 Å². The highest BCUT2D eigenvalue weighted by Crippen LogP contribution is 2.41. The van der Waals surface area contributed by atoms with Gasteiger partial charge in [0.25, 0.3) is 11.7 Å². The van der Waals surface area contributed by atoms with E-state index in [1.54, 1.807) is 24.3 Å². The van der Waals surface area contributed by atoms with Crippen LogP contribution >= 0.6 is 11.6 Å². The smallest absolute Gasteiger partial charge is 0.295 e. The molecule has 3 rings (SSSR count). The fourth-order valence-corrected chi connectivity index (χ4v) is 4.08. The molecular formula is C25H28ClNO5. The van der Waals surface area contributed by atoms with E-state index >= 15 is 0 Å². The zero-order valence-electron chi connectivity index (χ0n) is 18.6. The maximum absolute atomic E-state index is 13.1. The highest BCUT2D eigenvalue weighted by Gasteiger charge is 2.46. The van der Waals surface area contributed by atoms with E-state index in [-0.39, 0.29) is 16.9 Å². The average molecular weight is 458 g/mol. The Kier molecular flexibility index (Phi) is 7.80. The average Bonchev–Trinajstić information content (AvgIpc) is 3.04. The summed E-state index contributed by atoms with van der Waals surface area (Å²) >= 11 is 6.14. The van der Waals surface area contributed by atoms with Crippen LogP contribution in [-0.4, -0.2) is 42.0 Å². The van der Waals surface area contributed by atoms with Gasteiger partial charge in [0.1, 0.15) is 17.3 Å². The number of carbonyl (C=O) groups is 2. The molecule has 7 heteroatoms. The number of aliphatic hydroxyl groups excluding tert-OH is 1. The first-order valence-corrected chi connectivity index (χ1v) is 11.2. The molecule has 1 N–H and O–H groups in total. The van der Waals surface area contributed by atoms with Crippen LogP contribution in [0.1, 0.15) is 50.3 Å². The van der Waals surface area contributed by atoms with Crippen molar-refractivity contribution >= 4 is 29.1 Å². The van der Waals surface area contributed by atoms with Crippen molar-refractivity contribution in [3.8, 4) is 11.5 Å². The van der Waals surface area contributed by atoms with Crippen LogP contribution < -0.4 is 9.47 Å². The number of benzene rings is 2. The molecule has 0 aromatic heterocycles. The molecular weight excluding hydrogens is 430 g/mol. The second-order valence-corrected chi connectivity index (χ2v) is 7.98. The fraction of sp³-hybridized carbons (Fsp3) is 0.360. The summed E-state index contributed by atoms with van der Waals surface area (Å²) in [5.41, 5.74) is 1.01. The summed E-state index contributed by atoms with van der Waals surface area (Å²) in [4.78, 5) is 27.6. The molecule has 0 spiro atoms. The van der Waals surface area contributed by atoms with Crippen LogP contribution in [0.3, 0.4) is 0 Å². The molecule has 0 bridgehead atoms. The number of ether oxygens (including phenoxy) is 2. The zero-order chi connectivity index (χ0) is 23.3. The number of rotatable bonds is 9. The van der Waals surface area contributed by atoms with Gasteiger partial charge in [-0.2, -0.15) is 0 Å². The van der Waals surface area contributed by atoms with Crippen LogP contribution in [-0.2, 0) is 9.59 Å². The quantitative estimate of drug-likeness (QED) is 0.237. The predicted molar refractivity (Wildman–Crippen MR) is 124 cm³/mol. The number of amides is 1. The van der Waals surface area contributed by atoms with Gasteiger partial charge in [0.15, 0.2) is 0 Å². The Morgan fingerprint density at radius 2 is 1.81 bits per heavy atom. The van der Waals surface area contributed by atoms with E-state index in [4.69, 9.17) is 21.1 Å². The van der Waals surface area contributed by atoms with E-state index in [9.17, 15) is 14.7 Å². The molecule has 2 aromatic carbocycles. The van der Waals surface area contributed by atoms with Gasteiger partial charge in [-0.3, -0.25) is 9.59 Å². The van der Waals surface area contributed by atoms with Crippen molar-refractivity contribution < 1.29 is 24.2 Å². The van der Waals surface area contributed by atoms with Crippen LogP contribution in [0.25, 0.3) is 5.76 Å². The number of nitrogens with zero attached hydrogens (tertiary/aromatic N) is 1. The van der Waals surface area contributed by atoms with Gasteiger partial charge in [0.2, 0.25) is 0 Å². The summed E-state index contributed by atoms with van der Waals surface area (Å²) < 4.78 is 10.9. The summed E-state index contributed by atoms with van der Waals surface area (Å²) in [7, 11) is 1.47. The monoisotopic (exact) mass is 457 g/mol. The lowest BCUT2D eigenvalue weighted by Gasteiger charge is -2.25. The minimum absolute atomic E-state index is 0.0243. The Bertz CT molecular complexity index is 1020. The Hall–Kier alpha value is -2.99. The van der Waals surface area contributed by atoms with Crippen molar-refractivity contribution in [1.29, 1.82) is 0 Å². The lowest BCUT2D eigenvalue weighted by atomic mass is 9.95. The summed E-state index contributed by atoms with van der Waals surface area (Å²) in [6.07, 6.45) is 2.68. The van der Waals surface area contributed by atoms with Gasteiger partial charge in [-0.05, 0) is 49.2 Å². The minimum atomic E-state index is -0.722. The van der Waals surface area contributed by atoms with E-state index in [2.05, 4.69) is 6.92 Å². The Labute approximate surface area is 193 Å². The molecule has 32 heavy (non-hydrogen) atoms. The van der Waals surface area contributed by atoms with Crippen LogP contribution in [0.4, 0.5) is 0 Å². The van der Waals surface area contributed by atoms with Crippen LogP contribution in [0.2, 0.25) is 5.02 Å². The first-order chi connectivity index (χ1) is 15.4. The largest absolute Gasteiger partial charge is 0.507 e. The molecule has 170 valence electrons. The molecule has 1 unspecified atom stereocenters. The SMILES string of the molecule is CCCCCN1C(=O)C(=O)/C(=C(/O)c2cc(Cl)ccc2OC)C1c1ccc(OCC)cc1. The second kappa shape index (κ2) is 10.6. The molecule has 2 aromatic rings. The zero-order valence-corrected chi connectivity index (χ0v) is 19.3. The van der Waals surface area contributed by atoms with Crippen LogP contribution in [0, 0.1) is 0 Å². The number of ketones is 1. The summed E-state index contributed by atoms with van der Waals surface area (Å²) in [6.45, 7) is 4.92. The van der Waals surface area contributed by atoms with Crippen LogP contribution in [0.5, 0.6) is 11.5 Å². The molecule has 0 radical (unpaired) electrons. The summed E-state index contributed by atoms with van der Waals surface area (Å²) in [5, 5.41) is 11.6. The van der Waals surface area contributed by atoms with Crippen molar-refractivity contribution in [2.45, 2.75) is 39.2 Å². The highest BCUT2D eigenvalue weighted by molar-refractivity contribution is 6.46. The number of likely N-dealkylation sites (tertiary alicyclic amines) is 1. The number of aliphatic hydroxyl groups is 1. The third-order valence-corrected chi connectivity index (χ3v) is 5.70. The molecule has 1 amide bonds. The minimum Gasteiger partial charge on any atom is -0.507 e. The Morgan fingerprint density at radius 3 is 2.44 bits per heavy atom. The lowest BCUT2D eigenvalue weighted by molar-refractivity contribution is -0.139. The highest BCUT2D eigenvalue weighted by atomic mass is 35.5. The summed E-state index contributed by atoms with van der Waals surface area (Å²) in [6, 6.07) is 11.3. The summed E-state index contributed by atoms with van der Waals surface area (Å²) in [5.74, 6) is -0.604. The van der Waals surface area contributed by atoms with Gasteiger partial charge in [-0.25, -0.2) is 0 Å². The number of unbranched alkanes of at least 4 members (excludes halogenated alkanes) is 2. The van der Waals surface area contributed by atoms with E-state index in [1.165, 1.54) is 18.1 Å². The predicted octanol–water partition coefficient (Wildman–Crippen LogP) is 5.36. The second-order valence-electron chi connectivity index (χ2n) is 7.55. The van der Waals surface area contributed by atoms with Crippen molar-refractivity contribution in [3.05, 3.63) is 64.2 Å². The molecule has 1 saturated heterocycles. The van der Waals surface area contributed by atoms with E-state index in [0.717, 1.165) is 19.3 Å². The molecule has 1 heterocycles. The molecule has 0 saturated carbocycles. The third-order valence-electron chi connectivity index (χ3n) is 5.47. The van der Waals surface area contributed by atoms with Crippen molar-refractivity contribution in [2.24, 2.45) is 0 Å². The van der Waals surface area contributed by atoms with Gasteiger partial charge in [0.05, 0.1) is 30.9 Å². The normalized spacial score (nSPS) is 17.6. The Morgan fingerprint density at radius 1 is 1.09 bits per heavy atom. The number of hydrogen-bond acceptors (Lipinski definition) is 5. The number of carbonyl (C=O) groups excluding carboxylic acids is 2. The van der Waals surface area contributed by atoms with Crippen LogP contribution in [0.15, 0.2) is 48.0 Å². The van der Waals surface area contributed by atoms with E-state index < -0.39 is 17.7 Å². The molecule has 1 aliphatic rings. The number of halogens is 1. The maximum Gasteiger partial charge on any atom is 0.295 e. The molecule has 1 fully saturated rings. The standard InChI is InChI=1S/C25H28ClNO5/c1-4-6-7-14-27-22(16-8-11-18(12-9-16)32-5-2)21(24(29)25(27)30)23(28)19-15-17(26)10-13-20(19)31-3/h8-13,15,22,28H,4-7,14H2,1-3H3/b23-21+. The Balaban J connectivity index is 2.15. The number of hydrogen-bond donors (Lipinski definition) is 1. The van der Waals surface area contributed by atoms with Crippen molar-refractivity contribution in [2.75, 3.05) is 20.3 Å². The van der Waals surface area contributed by atoms with E-state index in [0.29, 0.717) is 35.2 Å². The first-order valence-electron chi connectivity index (χ1n) is 10.8. The fourth-order valence-electron chi connectivity index (χ4n) is 3.91. The number of methoxy groups -OCH3 is 1. The molecule has 0 aliphatic carbocycles. The van der Waals surface area contributed by atoms with Gasteiger partial charge in [0, 0.05) is 11.6 Å². The molecule has 1 atom stereocenters. The van der Waals surface area contributed by atoms with Gasteiger partial charge in [-0.1, -0.05) is 43.5 Å². The number of Topliss-reactive ketones (excluding diaryl/α,β-unsaturated/α-hetero) is 1. The topological polar surface area (TPSA) is 76.1 Å². The molecule has 6 nitrogen and oxygen atoms in total.